The minimum atomic E-state index is -1.47. The number of likely N-dealkylation sites (tertiary alicyclic amines) is 1. The topological polar surface area (TPSA) is 593 Å². The van der Waals surface area contributed by atoms with Crippen molar-refractivity contribution in [3.63, 3.8) is 0 Å². The molecule has 4 fully saturated rings. The summed E-state index contributed by atoms with van der Waals surface area (Å²) in [6.07, 6.45) is 21.9. The van der Waals surface area contributed by atoms with Gasteiger partial charge in [0.1, 0.15) is 89.6 Å². The van der Waals surface area contributed by atoms with Crippen LogP contribution >= 0.6 is 73.7 Å². The van der Waals surface area contributed by atoms with Gasteiger partial charge in [0, 0.05) is 205 Å². The van der Waals surface area contributed by atoms with Crippen LogP contribution in [0.3, 0.4) is 0 Å². The molecule has 57 heteroatoms. The number of amides is 7. The van der Waals surface area contributed by atoms with Gasteiger partial charge in [-0.2, -0.15) is 33.9 Å². The summed E-state index contributed by atoms with van der Waals surface area (Å²) in [5.41, 5.74) is 28.3. The van der Waals surface area contributed by atoms with Gasteiger partial charge in [0.2, 0.25) is 17.7 Å². The van der Waals surface area contributed by atoms with Crippen molar-refractivity contribution in [2.24, 2.45) is 34.8 Å². The van der Waals surface area contributed by atoms with E-state index >= 15 is 0 Å². The number of primary amides is 4. The molecule has 6 atom stereocenters. The SMILES string of the molecule is C.CC(C)(C)OC(=O)Cn1nc(C(N)=O)c2cc(-c3cncnc3)ccc21.CC(C)(C)OC(=O)Cn1nc(C(N)=O)c2cc(Br)ccc21.CF.Cl.NC(=O)c1nn(CC(=O)N2[C@@H]3C[C@@H]3C[C@H]2C(=O)Nc2cccc(Br)n2)c2ccc(-c3cncnc3)cc12.NC(=O)c1nn(CC(=O)O)c2ccc(-c3cncnc3)cc12.O=C(Nc1cccc(Br)n1)[C@@H]1C[C@H]2C[C@H]2N1.OB(O)c1cncnc1.S.S=S.S=S=S.S=S=S=S.[2H]C. The van der Waals surface area contributed by atoms with Crippen LogP contribution in [-0.2, 0) is 158 Å². The predicted octanol–water partition coefficient (Wildman–Crippen LogP) is 9.29. The molecule has 2 aliphatic heterocycles. The lowest BCUT2D eigenvalue weighted by Crippen LogP contribution is -2.46. The number of anilines is 2. The zero-order chi connectivity index (χ0) is 106. The number of carboxylic acid groups (broad SMARTS) is 1. The van der Waals surface area contributed by atoms with E-state index in [4.69, 9.17) is 48.9 Å². The van der Waals surface area contributed by atoms with Crippen LogP contribution in [0.4, 0.5) is 16.0 Å². The predicted molar refractivity (Wildman–Crippen MR) is 591 cm³/mol. The number of rotatable bonds is 20. The minimum absolute atomic E-state index is 0. The molecule has 0 bridgehead atoms. The molecule has 41 nitrogen and oxygen atoms in total. The number of alkyl halides is 1. The zero-order valence-electron chi connectivity index (χ0n) is 78.7. The maximum absolute atomic E-state index is 13.5. The quantitative estimate of drug-likeness (QED) is 0.0193. The van der Waals surface area contributed by atoms with Gasteiger partial charge in [0.15, 0.2) is 22.8 Å². The summed E-state index contributed by atoms with van der Waals surface area (Å²) in [6.45, 7) is 10.1. The smallest absolute Gasteiger partial charge is 0.480 e. The van der Waals surface area contributed by atoms with Crippen LogP contribution in [-0.4, -0.2) is 218 Å². The van der Waals surface area contributed by atoms with E-state index in [0.29, 0.717) is 90.9 Å². The van der Waals surface area contributed by atoms with E-state index in [2.05, 4.69) is 201 Å². The molecule has 2 aliphatic carbocycles. The molecule has 772 valence electrons. The van der Waals surface area contributed by atoms with Gasteiger partial charge < -0.3 is 68.4 Å². The highest BCUT2D eigenvalue weighted by Gasteiger charge is 2.56. The first-order chi connectivity index (χ1) is 68.7. The number of nitrogens with two attached hydrogens (primary N) is 4. The molecule has 10 aromatic heterocycles. The molecule has 146 heavy (non-hydrogen) atoms. The van der Waals surface area contributed by atoms with Gasteiger partial charge in [-0.15, -0.1) is 12.4 Å². The highest BCUT2D eigenvalue weighted by Crippen LogP contribution is 2.48. The number of carbonyl (C=O) groups is 10. The number of hydrogen-bond acceptors (Lipinski definition) is 35. The molecule has 12 heterocycles. The number of aromatic nitrogens is 18. The van der Waals surface area contributed by atoms with E-state index in [1.165, 1.54) is 88.0 Å². The first kappa shape index (κ1) is 123. The van der Waals surface area contributed by atoms with E-state index in [1.807, 2.05) is 24.3 Å². The number of halogens is 5. The van der Waals surface area contributed by atoms with Gasteiger partial charge >= 0.3 is 25.0 Å². The average Bonchev–Trinajstić information content (AvgIpc) is 1.58. The number of piperidine rings is 2. The summed E-state index contributed by atoms with van der Waals surface area (Å²) in [4.78, 5) is 162. The van der Waals surface area contributed by atoms with Crippen LogP contribution in [0.25, 0.3) is 77.0 Å². The van der Waals surface area contributed by atoms with Crippen LogP contribution in [0.5, 0.6) is 0 Å². The number of esters is 2. The molecule has 14 N–H and O–H groups in total. The second-order valence-electron chi connectivity index (χ2n) is 32.4. The first-order valence-electron chi connectivity index (χ1n) is 42.6. The van der Waals surface area contributed by atoms with Gasteiger partial charge in [0.05, 0.1) is 35.3 Å². The molecular weight excluding hydrogens is 2300 g/mol. The normalized spacial score (nSPS) is 14.7. The number of nitrogens with zero attached hydrogens (tertiary/aromatic N) is 19. The van der Waals surface area contributed by atoms with Gasteiger partial charge in [-0.25, -0.2) is 49.8 Å². The van der Waals surface area contributed by atoms with Crippen LogP contribution in [0.1, 0.15) is 125 Å². The number of benzene rings is 4. The van der Waals surface area contributed by atoms with Gasteiger partial charge in [0.25, 0.3) is 23.6 Å². The minimum Gasteiger partial charge on any atom is -0.480 e. The van der Waals surface area contributed by atoms with Crippen molar-refractivity contribution in [2.75, 3.05) is 17.8 Å². The lowest BCUT2D eigenvalue weighted by atomic mass is 9.83. The summed E-state index contributed by atoms with van der Waals surface area (Å²) in [7, 11) is 3.54. The zero-order valence-corrected chi connectivity index (χ0v) is 91.6. The van der Waals surface area contributed by atoms with E-state index < -0.39 is 65.9 Å². The van der Waals surface area contributed by atoms with E-state index in [1.54, 1.807) is 169 Å². The number of fused-ring (bicyclic) bond motifs is 6. The fourth-order valence-corrected chi connectivity index (χ4v) is 15.6. The molecule has 0 radical (unpaired) electrons. The Hall–Kier alpha value is -12.0. The van der Waals surface area contributed by atoms with Crippen LogP contribution in [0.2, 0.25) is 0 Å². The number of aliphatic carboxylic acids is 1. The molecule has 0 unspecified atom stereocenters. The Bertz CT molecular complexity index is 7060. The average molecular weight is 2400 g/mol. The largest absolute Gasteiger partial charge is 0.491 e. The lowest BCUT2D eigenvalue weighted by molar-refractivity contribution is -0.156. The summed E-state index contributed by atoms with van der Waals surface area (Å²) in [6, 6.07) is 32.0. The van der Waals surface area contributed by atoms with Crippen molar-refractivity contribution in [3.8, 4) is 33.4 Å². The van der Waals surface area contributed by atoms with Crippen molar-refractivity contribution >= 4 is 295 Å². The molecule has 2 saturated carbocycles. The second kappa shape index (κ2) is 59.1. The molecule has 4 aliphatic rings. The van der Waals surface area contributed by atoms with Gasteiger partial charge in [-0.05, 0) is 206 Å². The number of carboxylic acids is 1. The molecule has 14 aromatic rings. The van der Waals surface area contributed by atoms with Gasteiger partial charge in [-0.1, -0.05) is 61.1 Å². The number of hydrogen-bond donors (Lipinski definition) is 10. The highest BCUT2D eigenvalue weighted by molar-refractivity contribution is 9.11. The molecule has 4 aromatic carbocycles. The molecular formula is C89H98BBr3ClFN26O15S10. The first-order valence-corrected chi connectivity index (χ1v) is 52.0. The van der Waals surface area contributed by atoms with Crippen molar-refractivity contribution in [1.82, 2.24) is 99.2 Å². The number of nitrogens with one attached hydrogen (secondary N) is 3. The Labute approximate surface area is 914 Å². The number of carbonyl (C=O) groups excluding carboxylic acids is 9. The van der Waals surface area contributed by atoms with Crippen molar-refractivity contribution in [1.29, 1.82) is 0 Å². The van der Waals surface area contributed by atoms with E-state index in [-0.39, 0.29) is 112 Å². The van der Waals surface area contributed by atoms with Crippen LogP contribution < -0.4 is 44.3 Å². The third-order valence-electron chi connectivity index (χ3n) is 20.3. The Kier molecular flexibility index (Phi) is 49.7. The highest BCUT2D eigenvalue weighted by atomic mass is 79.9. The molecule has 7 amide bonds. The Balaban J connectivity index is 0.000000312. The Morgan fingerprint density at radius 2 is 0.836 bits per heavy atom. The standard InChI is InChI=1S/C25H21BrN8O3.C18H19N5O3.C14H16BrN3O3.C14H11N5O3.C11H12BrN3O.C4H5BN2O2.CH3F.2CH4.ClH.S4.S3.S2.H2S/c26-20-2-1-3-21(30-20)31-25(37)19-8-14-7-18(14)34(19)22(35)11-33-17-5-4-13(15-9-28-12-29-10-15)6-16(17)23(32-33)24(27)36;1-18(2,3)26-15(24)9-23-14-5-4-11(12-7-20-10-21-8-12)6-13(14)16(22-23)17(19)25;1-14(2,3)21-11(19)7-18-10-5-4-8(15)6-9(10)12(17-18)13(16)20;15-14(22)13-10-3-8(9-4-16-7-17-5-9)1-2-11(10)19(18-13)6-12(20)21;12-9-2-1-3-10(14-9)15-11(16)8-5-6-4-7(6)13-8;8-5(9)4-1-6-3-7-2-4;1-2;;;;1-3-4-2;1-3-2;1-2;/h1-6,9-10,12,14,18-19H,7-8,11H2,(H2,27,36)(H,30,31,37);4-8,10H,9H2,1-3H3,(H2,19,25);4-6H,7H2,1-3H3,(H2,16,20);1-5,7H,6H2,(H2,15,22)(H,20,21);1-3,6-8,13H,4-5H2,(H,14,15,16);1-3,8-9H;1H3;2*1H4;1H;;;;1H2/t14-,18-,19+;;;;6-,7-,8+;;;;;;;;;/m1...1........./s1/i;;;;;;;1D;;;;;;. The van der Waals surface area contributed by atoms with E-state index in [9.17, 15) is 52.3 Å². The van der Waals surface area contributed by atoms with E-state index in [0.717, 1.165) is 70.1 Å². The molecule has 2 saturated heterocycles. The lowest BCUT2D eigenvalue weighted by Gasteiger charge is -2.26. The number of pyridine rings is 2. The van der Waals surface area contributed by atoms with Crippen molar-refractivity contribution in [3.05, 3.63) is 221 Å². The van der Waals surface area contributed by atoms with Crippen LogP contribution in [0.15, 0.2) is 198 Å². The molecule has 0 spiro atoms. The number of ether oxygens (including phenoxy) is 2. The summed E-state index contributed by atoms with van der Waals surface area (Å²) < 4.78 is 33.5. The van der Waals surface area contributed by atoms with Crippen LogP contribution in [0, 0.1) is 11.8 Å². The molecule has 18 rings (SSSR count). The Morgan fingerprint density at radius 3 is 1.16 bits per heavy atom. The monoisotopic (exact) mass is 2390 g/mol. The van der Waals surface area contributed by atoms with Gasteiger partial charge in [-0.3, -0.25) is 71.1 Å². The maximum Gasteiger partial charge on any atom is 0.491 e. The fraction of sp³-hybridized carbons (Fsp3) is 0.281. The third kappa shape index (κ3) is 36.0. The second-order valence-corrected chi connectivity index (χ2v) is 40.2. The summed E-state index contributed by atoms with van der Waals surface area (Å²) in [5.74, 6) is -3.08. The maximum atomic E-state index is 13.5. The Morgan fingerprint density at radius 1 is 0.493 bits per heavy atom. The van der Waals surface area contributed by atoms with Crippen molar-refractivity contribution < 1.29 is 78.3 Å². The fourth-order valence-electron chi connectivity index (χ4n) is 14.5. The summed E-state index contributed by atoms with van der Waals surface area (Å²) >= 11 is 34.1. The van der Waals surface area contributed by atoms with Crippen molar-refractivity contribution in [2.45, 2.75) is 144 Å². The summed E-state index contributed by atoms with van der Waals surface area (Å²) in [5, 5.41) is 53.7. The third-order valence-corrected chi connectivity index (χ3v) is 23.9.